The van der Waals surface area contributed by atoms with Gasteiger partial charge in [0, 0.05) is 18.6 Å². The number of rotatable bonds is 6. The summed E-state index contributed by atoms with van der Waals surface area (Å²) in [4.78, 5) is 21.7. The van der Waals surface area contributed by atoms with Crippen LogP contribution in [0.25, 0.3) is 5.65 Å². The molecule has 27 heavy (non-hydrogen) atoms. The van der Waals surface area contributed by atoms with Crippen molar-refractivity contribution in [2.75, 3.05) is 11.9 Å². The molecule has 10 heteroatoms. The smallest absolute Gasteiger partial charge is 0.278 e. The van der Waals surface area contributed by atoms with Crippen molar-refractivity contribution in [3.8, 4) is 0 Å². The highest BCUT2D eigenvalue weighted by Crippen LogP contribution is 2.33. The first-order chi connectivity index (χ1) is 12.9. The summed E-state index contributed by atoms with van der Waals surface area (Å²) < 4.78 is 15.8. The van der Waals surface area contributed by atoms with Gasteiger partial charge in [0.1, 0.15) is 25.3 Å². The van der Waals surface area contributed by atoms with Gasteiger partial charge in [-0.25, -0.2) is 14.9 Å². The van der Waals surface area contributed by atoms with Crippen LogP contribution in [0.3, 0.4) is 0 Å². The molecule has 3 rings (SSSR count). The summed E-state index contributed by atoms with van der Waals surface area (Å²) in [5.74, 6) is -1.09. The van der Waals surface area contributed by atoms with Crippen molar-refractivity contribution in [1.29, 1.82) is 0 Å². The van der Waals surface area contributed by atoms with Crippen LogP contribution in [0.5, 0.6) is 0 Å². The topological polar surface area (TPSA) is 87.9 Å². The Morgan fingerprint density at radius 1 is 1.52 bits per heavy atom. The number of imidazole rings is 1. The Bertz CT molecular complexity index is 996. The summed E-state index contributed by atoms with van der Waals surface area (Å²) >= 11 is 6.42. The minimum absolute atomic E-state index is 0.0812. The molecule has 0 aliphatic carbocycles. The number of pyridine rings is 1. The van der Waals surface area contributed by atoms with Crippen LogP contribution in [0, 0.1) is 5.82 Å². The molecule has 0 radical (unpaired) electrons. The molecule has 1 amide bonds. The molecule has 1 unspecified atom stereocenters. The lowest BCUT2D eigenvalue weighted by atomic mass is 9.96. The molecule has 1 atom stereocenters. The molecule has 0 bridgehead atoms. The maximum atomic E-state index is 14.3. The zero-order valence-electron chi connectivity index (χ0n) is 14.7. The second-order valence-electron chi connectivity index (χ2n) is 6.09. The van der Waals surface area contributed by atoms with Gasteiger partial charge < -0.3 is 14.8 Å². The van der Waals surface area contributed by atoms with Gasteiger partial charge in [0.25, 0.3) is 5.91 Å². The van der Waals surface area contributed by atoms with E-state index in [-0.39, 0.29) is 28.6 Å². The molecule has 7 nitrogen and oxygen atoms in total. The number of fused-ring (bicyclic) bond motifs is 1. The third-order valence-corrected chi connectivity index (χ3v) is 4.10. The van der Waals surface area contributed by atoms with Crippen molar-refractivity contribution in [3.05, 3.63) is 53.2 Å². The minimum Gasteiger partial charge on any atom is -0.391 e. The minimum atomic E-state index is -0.746. The Kier molecular flexibility index (Phi) is 5.64. The fraction of sp³-hybridized carbons (Fsp3) is 0.176. The van der Waals surface area contributed by atoms with Crippen molar-refractivity contribution < 1.29 is 19.1 Å². The van der Waals surface area contributed by atoms with Crippen LogP contribution < -0.4 is 16.3 Å². The third kappa shape index (κ3) is 4.21. The Balaban J connectivity index is 2.00. The van der Waals surface area contributed by atoms with Gasteiger partial charge in [-0.15, -0.1) is 0 Å². The van der Waals surface area contributed by atoms with Gasteiger partial charge in [0.15, 0.2) is 5.65 Å². The standard InChI is InChI=1S/C17H17BClFN4O3/c1-9(25)8-27-23-17(26)11-7-24-5-4-21-16(24)14(19)15(11)22-13-3-2-10(18)6-12(13)20/h2-7,9,22,25H,8,18H2,1H3,(H,23,26). The second kappa shape index (κ2) is 7.95. The zero-order chi connectivity index (χ0) is 19.6. The number of anilines is 2. The molecule has 140 valence electrons. The van der Waals surface area contributed by atoms with Gasteiger partial charge in [-0.05, 0) is 19.1 Å². The number of aliphatic hydroxyl groups excluding tert-OH is 1. The number of aromatic nitrogens is 2. The second-order valence-corrected chi connectivity index (χ2v) is 6.47. The van der Waals surface area contributed by atoms with Gasteiger partial charge in [0.2, 0.25) is 0 Å². The Hall–Kier alpha value is -2.62. The van der Waals surface area contributed by atoms with E-state index in [1.807, 2.05) is 0 Å². The number of carbonyl (C=O) groups is 1. The maximum Gasteiger partial charge on any atom is 0.278 e. The Morgan fingerprint density at radius 2 is 2.30 bits per heavy atom. The lowest BCUT2D eigenvalue weighted by Gasteiger charge is -2.16. The van der Waals surface area contributed by atoms with E-state index in [0.717, 1.165) is 5.46 Å². The monoisotopic (exact) mass is 390 g/mol. The van der Waals surface area contributed by atoms with E-state index < -0.39 is 17.8 Å². The van der Waals surface area contributed by atoms with Crippen molar-refractivity contribution in [1.82, 2.24) is 14.9 Å². The molecule has 2 heterocycles. The van der Waals surface area contributed by atoms with E-state index >= 15 is 0 Å². The average Bonchev–Trinajstić information content (AvgIpc) is 3.07. The fourth-order valence-electron chi connectivity index (χ4n) is 2.45. The van der Waals surface area contributed by atoms with E-state index in [2.05, 4.69) is 15.8 Å². The Morgan fingerprint density at radius 3 is 3.00 bits per heavy atom. The lowest BCUT2D eigenvalue weighted by molar-refractivity contribution is -0.00684. The normalized spacial score (nSPS) is 12.1. The van der Waals surface area contributed by atoms with Crippen molar-refractivity contribution in [2.45, 2.75) is 13.0 Å². The van der Waals surface area contributed by atoms with Crippen molar-refractivity contribution >= 4 is 47.8 Å². The number of halogens is 2. The zero-order valence-corrected chi connectivity index (χ0v) is 15.4. The molecule has 2 aromatic heterocycles. The molecule has 3 N–H and O–H groups in total. The first-order valence-electron chi connectivity index (χ1n) is 8.15. The predicted octanol–water partition coefficient (Wildman–Crippen LogP) is 1.17. The van der Waals surface area contributed by atoms with Crippen LogP contribution in [-0.4, -0.2) is 41.0 Å². The molecule has 0 spiro atoms. The van der Waals surface area contributed by atoms with Crippen molar-refractivity contribution in [3.63, 3.8) is 0 Å². The van der Waals surface area contributed by atoms with Gasteiger partial charge in [-0.2, -0.15) is 0 Å². The summed E-state index contributed by atoms with van der Waals surface area (Å²) in [6.45, 7) is 1.44. The van der Waals surface area contributed by atoms with Gasteiger partial charge in [-0.1, -0.05) is 23.1 Å². The number of benzene rings is 1. The number of carbonyl (C=O) groups excluding carboxylic acids is 1. The maximum absolute atomic E-state index is 14.3. The number of hydrogen-bond donors (Lipinski definition) is 3. The summed E-state index contributed by atoms with van der Waals surface area (Å²) in [7, 11) is 1.77. The average molecular weight is 391 g/mol. The van der Waals surface area contributed by atoms with Gasteiger partial charge in [-0.3, -0.25) is 9.63 Å². The third-order valence-electron chi connectivity index (χ3n) is 3.74. The molecule has 0 saturated carbocycles. The van der Waals surface area contributed by atoms with E-state index in [9.17, 15) is 14.3 Å². The molecule has 0 saturated heterocycles. The molecule has 3 aromatic rings. The van der Waals surface area contributed by atoms with Crippen LogP contribution in [0.2, 0.25) is 5.02 Å². The number of amides is 1. The quantitative estimate of drug-likeness (QED) is 0.434. The van der Waals surface area contributed by atoms with E-state index in [0.29, 0.717) is 5.65 Å². The van der Waals surface area contributed by atoms with E-state index in [1.165, 1.54) is 25.4 Å². The lowest BCUT2D eigenvalue weighted by Crippen LogP contribution is -2.28. The first kappa shape index (κ1) is 19.2. The predicted molar refractivity (Wildman–Crippen MR) is 103 cm³/mol. The van der Waals surface area contributed by atoms with Crippen LogP contribution in [0.4, 0.5) is 15.8 Å². The fourth-order valence-corrected chi connectivity index (χ4v) is 2.75. The summed E-state index contributed by atoms with van der Waals surface area (Å²) in [5.41, 5.74) is 3.89. The highest BCUT2D eigenvalue weighted by Gasteiger charge is 2.20. The largest absolute Gasteiger partial charge is 0.391 e. The van der Waals surface area contributed by atoms with Gasteiger partial charge in [0.05, 0.1) is 23.0 Å². The van der Waals surface area contributed by atoms with Gasteiger partial charge >= 0.3 is 0 Å². The highest BCUT2D eigenvalue weighted by atomic mass is 35.5. The van der Waals surface area contributed by atoms with E-state index in [1.54, 1.807) is 30.6 Å². The molecular weight excluding hydrogens is 373 g/mol. The van der Waals surface area contributed by atoms with Crippen molar-refractivity contribution in [2.24, 2.45) is 0 Å². The van der Waals surface area contributed by atoms with Crippen LogP contribution in [-0.2, 0) is 4.84 Å². The molecular formula is C17H17BClFN4O3. The molecule has 1 aromatic carbocycles. The number of aliphatic hydroxyl groups is 1. The van der Waals surface area contributed by atoms with E-state index in [4.69, 9.17) is 16.4 Å². The highest BCUT2D eigenvalue weighted by molar-refractivity contribution is 6.37. The summed E-state index contributed by atoms with van der Waals surface area (Å²) in [6.07, 6.45) is 3.92. The first-order valence-corrected chi connectivity index (χ1v) is 8.53. The molecule has 0 aliphatic heterocycles. The number of nitrogens with one attached hydrogen (secondary N) is 2. The number of nitrogens with zero attached hydrogens (tertiary/aromatic N) is 2. The summed E-state index contributed by atoms with van der Waals surface area (Å²) in [6, 6.07) is 4.66. The number of hydrogen-bond acceptors (Lipinski definition) is 5. The SMILES string of the molecule is Bc1ccc(Nc2c(C(=O)NOCC(C)O)cn3ccnc3c2Cl)c(F)c1. The van der Waals surface area contributed by atoms with Crippen LogP contribution in [0.15, 0.2) is 36.8 Å². The number of hydroxylamine groups is 1. The molecule has 0 fully saturated rings. The summed E-state index contributed by atoms with van der Waals surface area (Å²) in [5, 5.41) is 12.3. The van der Waals surface area contributed by atoms with Crippen LogP contribution >= 0.6 is 11.6 Å². The Labute approximate surface area is 160 Å². The van der Waals surface area contributed by atoms with Crippen LogP contribution in [0.1, 0.15) is 17.3 Å². The molecule has 0 aliphatic rings.